The molecule has 3 atom stereocenters. The van der Waals surface area contributed by atoms with Crippen LogP contribution in [0.2, 0.25) is 0 Å². The van der Waals surface area contributed by atoms with Crippen LogP contribution in [0.25, 0.3) is 0 Å². The van der Waals surface area contributed by atoms with Crippen molar-refractivity contribution in [1.82, 2.24) is 5.32 Å². The molecular formula is C64H121N2O7P. The maximum absolute atomic E-state index is 13.5. The lowest BCUT2D eigenvalue weighted by Crippen LogP contribution is -2.47. The van der Waals surface area contributed by atoms with Crippen molar-refractivity contribution in [3.05, 3.63) is 48.6 Å². The molecule has 0 bridgehead atoms. The van der Waals surface area contributed by atoms with Gasteiger partial charge in [0.2, 0.25) is 5.91 Å². The molecule has 0 aromatic heterocycles. The molecule has 1 amide bonds. The van der Waals surface area contributed by atoms with Crippen molar-refractivity contribution < 1.29 is 37.3 Å². The van der Waals surface area contributed by atoms with Crippen molar-refractivity contribution in [2.45, 2.75) is 309 Å². The number of quaternary nitrogens is 1. The Balaban J connectivity index is 5.16. The molecule has 0 aromatic carbocycles. The maximum Gasteiger partial charge on any atom is 0.306 e. The summed E-state index contributed by atoms with van der Waals surface area (Å²) in [5, 5.41) is 3.02. The van der Waals surface area contributed by atoms with Gasteiger partial charge in [0.25, 0.3) is 7.82 Å². The molecule has 74 heavy (non-hydrogen) atoms. The first-order valence-electron chi connectivity index (χ1n) is 31.4. The van der Waals surface area contributed by atoms with Crippen molar-refractivity contribution in [3.63, 3.8) is 0 Å². The van der Waals surface area contributed by atoms with Crippen LogP contribution in [-0.4, -0.2) is 69.4 Å². The van der Waals surface area contributed by atoms with Gasteiger partial charge in [0, 0.05) is 12.8 Å². The Kier molecular flexibility index (Phi) is 52.8. The van der Waals surface area contributed by atoms with Crippen molar-refractivity contribution in [3.8, 4) is 0 Å². The van der Waals surface area contributed by atoms with Gasteiger partial charge >= 0.3 is 5.97 Å². The zero-order chi connectivity index (χ0) is 54.3. The molecule has 0 fully saturated rings. The fraction of sp³-hybridized carbons (Fsp3) is 0.844. The van der Waals surface area contributed by atoms with Crippen LogP contribution in [0.5, 0.6) is 0 Å². The maximum atomic E-state index is 13.5. The summed E-state index contributed by atoms with van der Waals surface area (Å²) < 4.78 is 30.3. The lowest BCUT2D eigenvalue weighted by Gasteiger charge is -2.30. The summed E-state index contributed by atoms with van der Waals surface area (Å²) in [4.78, 5) is 40.0. The molecule has 0 rings (SSSR count). The number of phosphoric ester groups is 1. The Labute approximate surface area is 458 Å². The number of nitrogens with zero attached hydrogens (tertiary/aromatic N) is 1. The fourth-order valence-corrected chi connectivity index (χ4v) is 9.91. The Morgan fingerprint density at radius 3 is 1.30 bits per heavy atom. The molecule has 434 valence electrons. The number of allylic oxidation sites excluding steroid dienone is 7. The van der Waals surface area contributed by atoms with Gasteiger partial charge in [0.15, 0.2) is 0 Å². The average Bonchev–Trinajstić information content (AvgIpc) is 3.36. The molecule has 0 radical (unpaired) electrons. The minimum absolute atomic E-state index is 0.0242. The van der Waals surface area contributed by atoms with Crippen LogP contribution in [0.3, 0.4) is 0 Å². The summed E-state index contributed by atoms with van der Waals surface area (Å²) >= 11 is 0. The highest BCUT2D eigenvalue weighted by atomic mass is 31.2. The smallest absolute Gasteiger partial charge is 0.306 e. The molecule has 0 aliphatic rings. The van der Waals surface area contributed by atoms with Gasteiger partial charge in [0.05, 0.1) is 33.8 Å². The summed E-state index contributed by atoms with van der Waals surface area (Å²) in [5.41, 5.74) is 0. The van der Waals surface area contributed by atoms with Gasteiger partial charge in [-0.05, 0) is 63.9 Å². The Hall–Kier alpha value is -2.03. The van der Waals surface area contributed by atoms with E-state index in [0.29, 0.717) is 17.4 Å². The second kappa shape index (κ2) is 54.3. The summed E-state index contributed by atoms with van der Waals surface area (Å²) in [6.07, 6.45) is 66.5. The van der Waals surface area contributed by atoms with Crippen LogP contribution >= 0.6 is 7.82 Å². The van der Waals surface area contributed by atoms with E-state index in [0.717, 1.165) is 103 Å². The molecule has 0 saturated heterocycles. The molecule has 3 unspecified atom stereocenters. The highest BCUT2D eigenvalue weighted by molar-refractivity contribution is 7.45. The van der Waals surface area contributed by atoms with E-state index in [1.807, 2.05) is 33.3 Å². The van der Waals surface area contributed by atoms with Crippen LogP contribution in [0, 0.1) is 0 Å². The van der Waals surface area contributed by atoms with Crippen molar-refractivity contribution >= 4 is 19.7 Å². The topological polar surface area (TPSA) is 114 Å². The van der Waals surface area contributed by atoms with Gasteiger partial charge in [-0.3, -0.25) is 14.2 Å². The van der Waals surface area contributed by atoms with Crippen molar-refractivity contribution in [2.24, 2.45) is 0 Å². The first-order valence-corrected chi connectivity index (χ1v) is 32.9. The lowest BCUT2D eigenvalue weighted by molar-refractivity contribution is -0.870. The Morgan fingerprint density at radius 1 is 0.486 bits per heavy atom. The molecule has 9 nitrogen and oxygen atoms in total. The average molecular weight is 1060 g/mol. The van der Waals surface area contributed by atoms with Crippen molar-refractivity contribution in [2.75, 3.05) is 40.9 Å². The molecule has 0 aliphatic heterocycles. The Bertz CT molecular complexity index is 1410. The summed E-state index contributed by atoms with van der Waals surface area (Å²) in [5.74, 6) is -0.546. The van der Waals surface area contributed by atoms with Crippen LogP contribution in [0.4, 0.5) is 0 Å². The third kappa shape index (κ3) is 54.7. The largest absolute Gasteiger partial charge is 0.756 e. The number of carbonyl (C=O) groups excluding carboxylic acids is 2. The normalized spacial score (nSPS) is 14.0. The molecule has 0 spiro atoms. The van der Waals surface area contributed by atoms with E-state index in [4.69, 9.17) is 13.8 Å². The number of likely N-dealkylation sites (N-methyl/N-ethyl adjacent to an activating group) is 1. The van der Waals surface area contributed by atoms with Gasteiger partial charge in [-0.2, -0.15) is 0 Å². The quantitative estimate of drug-likeness (QED) is 0.0212. The summed E-state index contributed by atoms with van der Waals surface area (Å²) in [6, 6.07) is -0.892. The Morgan fingerprint density at radius 2 is 0.865 bits per heavy atom. The fourth-order valence-electron chi connectivity index (χ4n) is 9.19. The number of hydrogen-bond donors (Lipinski definition) is 1. The third-order valence-corrected chi connectivity index (χ3v) is 15.0. The monoisotopic (exact) mass is 1060 g/mol. The zero-order valence-electron chi connectivity index (χ0n) is 49.6. The lowest BCUT2D eigenvalue weighted by atomic mass is 10.0. The minimum atomic E-state index is -4.70. The van der Waals surface area contributed by atoms with Gasteiger partial charge in [-0.25, -0.2) is 0 Å². The number of nitrogens with one attached hydrogen (secondary N) is 1. The van der Waals surface area contributed by atoms with Crippen LogP contribution in [-0.2, 0) is 27.9 Å². The number of phosphoric acid groups is 1. The minimum Gasteiger partial charge on any atom is -0.756 e. The number of amides is 1. The second-order valence-electron chi connectivity index (χ2n) is 22.5. The first-order chi connectivity index (χ1) is 35.9. The highest BCUT2D eigenvalue weighted by Crippen LogP contribution is 2.38. The van der Waals surface area contributed by atoms with E-state index in [-0.39, 0.29) is 24.9 Å². The van der Waals surface area contributed by atoms with Crippen LogP contribution in [0.1, 0.15) is 297 Å². The SMILES string of the molecule is CC/C=C/C/C=C/C/C=C/CCCCCCCCC(=O)NC(COP(=O)([O-])OCC[N+](C)(C)C)C(/C=C/CCCCCCCCCCC)OC(=O)CCCCCCCCCCCCCCCCCCCCCCC. The van der Waals surface area contributed by atoms with Gasteiger partial charge < -0.3 is 28.5 Å². The predicted octanol–water partition coefficient (Wildman–Crippen LogP) is 18.6. The van der Waals surface area contributed by atoms with E-state index in [2.05, 4.69) is 62.5 Å². The zero-order valence-corrected chi connectivity index (χ0v) is 50.4. The van der Waals surface area contributed by atoms with Crippen LogP contribution in [0.15, 0.2) is 48.6 Å². The molecule has 0 saturated carbocycles. The van der Waals surface area contributed by atoms with E-state index < -0.39 is 26.6 Å². The van der Waals surface area contributed by atoms with Crippen LogP contribution < -0.4 is 10.2 Å². The van der Waals surface area contributed by atoms with Gasteiger partial charge in [0.1, 0.15) is 19.3 Å². The molecule has 0 aliphatic carbocycles. The van der Waals surface area contributed by atoms with Crippen molar-refractivity contribution in [1.29, 1.82) is 0 Å². The molecule has 0 heterocycles. The predicted molar refractivity (Wildman–Crippen MR) is 316 cm³/mol. The van der Waals surface area contributed by atoms with E-state index in [9.17, 15) is 19.0 Å². The van der Waals surface area contributed by atoms with Gasteiger partial charge in [-0.1, -0.05) is 269 Å². The number of esters is 1. The highest BCUT2D eigenvalue weighted by Gasteiger charge is 2.27. The number of carbonyl (C=O) groups is 2. The molecule has 0 aromatic rings. The number of rotatable bonds is 57. The third-order valence-electron chi connectivity index (χ3n) is 14.0. The van der Waals surface area contributed by atoms with E-state index in [1.54, 1.807) is 0 Å². The number of unbranched alkanes of at least 4 members (excludes halogenated alkanes) is 35. The van der Waals surface area contributed by atoms with E-state index >= 15 is 0 Å². The first kappa shape index (κ1) is 72.0. The molecule has 10 heteroatoms. The molecular weight excluding hydrogens is 940 g/mol. The molecule has 1 N–H and O–H groups in total. The number of hydrogen-bond acceptors (Lipinski definition) is 7. The summed E-state index contributed by atoms with van der Waals surface area (Å²) in [7, 11) is 1.18. The second-order valence-corrected chi connectivity index (χ2v) is 23.9. The summed E-state index contributed by atoms with van der Waals surface area (Å²) in [6.45, 7) is 6.75. The van der Waals surface area contributed by atoms with Gasteiger partial charge in [-0.15, -0.1) is 0 Å². The standard InChI is InChI=1S/C64H121N2O7P/c1-7-10-13-16-19-22-25-27-29-31-32-33-34-35-37-39-42-45-48-51-54-57-64(68)73-62(55-52-49-46-43-40-24-21-18-15-12-9-3)61(60-72-74(69,70)71-59-58-66(4,5)6)65-63(67)56-53-50-47-44-41-38-36-30-28-26-23-20-17-14-11-8-2/h11,14,20,23,28,30,52,55,61-62H,7-10,12-13,15-19,21-22,24-27,29,31-51,53-54,56-60H2,1-6H3,(H-,65,67,69,70)/b14-11+,23-20+,30-28+,55-52+. The van der Waals surface area contributed by atoms with E-state index in [1.165, 1.54) is 161 Å². The number of ether oxygens (including phenoxy) is 1.